The second kappa shape index (κ2) is 4.66. The van der Waals surface area contributed by atoms with Gasteiger partial charge in [0.25, 0.3) is 0 Å². The van der Waals surface area contributed by atoms with Gasteiger partial charge in [0, 0.05) is 12.6 Å². The van der Waals surface area contributed by atoms with Crippen molar-refractivity contribution in [2.24, 2.45) is 0 Å². The van der Waals surface area contributed by atoms with Crippen LogP contribution in [0.15, 0.2) is 0 Å². The lowest BCUT2D eigenvalue weighted by molar-refractivity contribution is -0.203. The quantitative estimate of drug-likeness (QED) is 0.799. The number of hydrogen-bond donors (Lipinski definition) is 2. The molecule has 0 aliphatic carbocycles. The molecule has 0 spiro atoms. The largest absolute Gasteiger partial charge is 0.479 e. The Labute approximate surface area is 102 Å². The third-order valence-corrected chi connectivity index (χ3v) is 3.17. The van der Waals surface area contributed by atoms with Crippen molar-refractivity contribution < 1.29 is 27.9 Å². The molecule has 5 nitrogen and oxygen atoms in total. The van der Waals surface area contributed by atoms with Crippen molar-refractivity contribution >= 4 is 12.0 Å². The molecule has 1 saturated heterocycles. The fourth-order valence-electron chi connectivity index (χ4n) is 1.77. The first kappa shape index (κ1) is 14.6. The van der Waals surface area contributed by atoms with Gasteiger partial charge in [0.15, 0.2) is 0 Å². The van der Waals surface area contributed by atoms with E-state index in [4.69, 9.17) is 5.11 Å². The molecule has 2 N–H and O–H groups in total. The van der Waals surface area contributed by atoms with E-state index in [2.05, 4.69) is 0 Å². The minimum absolute atomic E-state index is 0.184. The second-order valence-electron chi connectivity index (χ2n) is 4.54. The van der Waals surface area contributed by atoms with E-state index in [9.17, 15) is 22.8 Å². The van der Waals surface area contributed by atoms with Gasteiger partial charge < -0.3 is 15.3 Å². The summed E-state index contributed by atoms with van der Waals surface area (Å²) in [7, 11) is 0. The summed E-state index contributed by atoms with van der Waals surface area (Å²) in [5.41, 5.74) is -3.27. The lowest BCUT2D eigenvalue weighted by Gasteiger charge is -2.32. The number of nitrogens with one attached hydrogen (secondary N) is 1. The molecule has 18 heavy (non-hydrogen) atoms. The highest BCUT2D eigenvalue weighted by atomic mass is 19.4. The zero-order chi connectivity index (χ0) is 14.1. The van der Waals surface area contributed by atoms with Crippen LogP contribution in [0.4, 0.5) is 18.0 Å². The number of carboxylic acid groups (broad SMARTS) is 1. The van der Waals surface area contributed by atoms with Gasteiger partial charge in [-0.05, 0) is 26.7 Å². The molecule has 0 aromatic rings. The number of carboxylic acids is 1. The van der Waals surface area contributed by atoms with E-state index < -0.39 is 23.7 Å². The Kier molecular flexibility index (Phi) is 3.78. The Bertz CT molecular complexity index is 359. The Balaban J connectivity index is 2.86. The molecular weight excluding hydrogens is 253 g/mol. The monoisotopic (exact) mass is 268 g/mol. The normalized spacial score (nSPS) is 23.6. The first-order valence-electron chi connectivity index (χ1n) is 5.48. The number of rotatable bonds is 2. The van der Waals surface area contributed by atoms with Gasteiger partial charge in [-0.1, -0.05) is 0 Å². The van der Waals surface area contributed by atoms with E-state index in [1.807, 2.05) is 0 Å². The van der Waals surface area contributed by atoms with Crippen LogP contribution in [0.25, 0.3) is 0 Å². The molecule has 0 aromatic carbocycles. The van der Waals surface area contributed by atoms with Crippen molar-refractivity contribution in [1.82, 2.24) is 10.2 Å². The molecule has 104 valence electrons. The summed E-state index contributed by atoms with van der Waals surface area (Å²) < 4.78 is 38.1. The minimum Gasteiger partial charge on any atom is -0.479 e. The van der Waals surface area contributed by atoms with Crippen LogP contribution in [-0.2, 0) is 4.79 Å². The molecule has 2 atom stereocenters. The molecule has 2 amide bonds. The Morgan fingerprint density at radius 2 is 1.94 bits per heavy atom. The van der Waals surface area contributed by atoms with Gasteiger partial charge >= 0.3 is 18.2 Å². The molecule has 0 radical (unpaired) electrons. The fraction of sp³-hybridized carbons (Fsp3) is 0.800. The van der Waals surface area contributed by atoms with Gasteiger partial charge in [0.2, 0.25) is 5.54 Å². The average molecular weight is 268 g/mol. The number of carbonyl (C=O) groups is 2. The highest BCUT2D eigenvalue weighted by molar-refractivity contribution is 5.87. The maximum absolute atomic E-state index is 12.7. The van der Waals surface area contributed by atoms with Crippen molar-refractivity contribution in [2.75, 3.05) is 6.54 Å². The topological polar surface area (TPSA) is 69.6 Å². The number of nitrogens with zero attached hydrogens (tertiary/aromatic N) is 1. The smallest absolute Gasteiger partial charge is 0.422 e. The predicted molar refractivity (Wildman–Crippen MR) is 56.0 cm³/mol. The summed E-state index contributed by atoms with van der Waals surface area (Å²) in [4.78, 5) is 23.6. The van der Waals surface area contributed by atoms with Crippen molar-refractivity contribution in [1.29, 1.82) is 0 Å². The third kappa shape index (κ3) is 2.51. The molecule has 1 aliphatic heterocycles. The number of likely N-dealkylation sites (tertiary alicyclic amines) is 1. The van der Waals surface area contributed by atoms with E-state index in [1.54, 1.807) is 12.2 Å². The summed E-state index contributed by atoms with van der Waals surface area (Å²) in [6, 6.07) is -1.18. The maximum atomic E-state index is 12.7. The van der Waals surface area contributed by atoms with Gasteiger partial charge in [-0.3, -0.25) is 0 Å². The highest BCUT2D eigenvalue weighted by Gasteiger charge is 2.59. The van der Waals surface area contributed by atoms with Crippen LogP contribution in [0.2, 0.25) is 0 Å². The number of alkyl halides is 3. The van der Waals surface area contributed by atoms with Crippen LogP contribution in [-0.4, -0.2) is 46.3 Å². The Morgan fingerprint density at radius 3 is 2.28 bits per heavy atom. The van der Waals surface area contributed by atoms with Gasteiger partial charge in [0.1, 0.15) is 0 Å². The Morgan fingerprint density at radius 1 is 1.39 bits per heavy atom. The Hall–Kier alpha value is -1.47. The summed E-state index contributed by atoms with van der Waals surface area (Å²) in [5.74, 6) is -2.13. The van der Waals surface area contributed by atoms with Crippen LogP contribution < -0.4 is 5.32 Å². The molecule has 0 aromatic heterocycles. The number of halogens is 3. The van der Waals surface area contributed by atoms with Gasteiger partial charge in [0.05, 0.1) is 0 Å². The van der Waals surface area contributed by atoms with Crippen LogP contribution in [0.1, 0.15) is 26.7 Å². The molecule has 1 fully saturated rings. The second-order valence-corrected chi connectivity index (χ2v) is 4.54. The highest BCUT2D eigenvalue weighted by Crippen LogP contribution is 2.31. The van der Waals surface area contributed by atoms with Gasteiger partial charge in [-0.2, -0.15) is 13.2 Å². The zero-order valence-corrected chi connectivity index (χ0v) is 10.0. The molecular formula is C10H15F3N2O3. The average Bonchev–Trinajstić information content (AvgIpc) is 2.62. The molecule has 0 bridgehead atoms. The van der Waals surface area contributed by atoms with Crippen molar-refractivity contribution in [2.45, 2.75) is 44.4 Å². The van der Waals surface area contributed by atoms with Crippen LogP contribution in [0.5, 0.6) is 0 Å². The van der Waals surface area contributed by atoms with E-state index in [0.717, 1.165) is 0 Å². The van der Waals surface area contributed by atoms with E-state index in [1.165, 1.54) is 4.90 Å². The maximum Gasteiger partial charge on any atom is 0.422 e. The van der Waals surface area contributed by atoms with E-state index in [0.29, 0.717) is 26.3 Å². The lowest BCUT2D eigenvalue weighted by Crippen LogP contribution is -2.64. The molecule has 1 rings (SSSR count). The number of aliphatic carboxylic acids is 1. The van der Waals surface area contributed by atoms with Gasteiger partial charge in [-0.15, -0.1) is 0 Å². The lowest BCUT2D eigenvalue weighted by atomic mass is 10.0. The molecule has 2 unspecified atom stereocenters. The first-order valence-corrected chi connectivity index (χ1v) is 5.48. The number of carbonyl (C=O) groups excluding carboxylic acids is 1. The van der Waals surface area contributed by atoms with Crippen molar-refractivity contribution in [3.8, 4) is 0 Å². The molecule has 0 saturated carbocycles. The van der Waals surface area contributed by atoms with E-state index >= 15 is 0 Å². The van der Waals surface area contributed by atoms with Crippen molar-refractivity contribution in [3.63, 3.8) is 0 Å². The molecule has 1 heterocycles. The SMILES string of the molecule is CC1CCCN1C(=O)NC(C)(C(=O)O)C(F)(F)F. The number of urea groups is 1. The predicted octanol–water partition coefficient (Wildman–Crippen LogP) is 1.59. The summed E-state index contributed by atoms with van der Waals surface area (Å²) >= 11 is 0. The standard InChI is InChI=1S/C10H15F3N2O3/c1-6-4-3-5-15(6)8(18)14-9(2,7(16)17)10(11,12)13/h6H,3-5H2,1-2H3,(H,14,18)(H,16,17). The first-order chi connectivity index (χ1) is 8.09. The van der Waals surface area contributed by atoms with Crippen molar-refractivity contribution in [3.05, 3.63) is 0 Å². The zero-order valence-electron chi connectivity index (χ0n) is 10.0. The summed E-state index contributed by atoms with van der Waals surface area (Å²) in [5, 5.41) is 10.2. The summed E-state index contributed by atoms with van der Waals surface area (Å²) in [6.45, 7) is 2.48. The number of amides is 2. The molecule has 1 aliphatic rings. The van der Waals surface area contributed by atoms with Crippen LogP contribution in [0, 0.1) is 0 Å². The minimum atomic E-state index is -5.06. The fourth-order valence-corrected chi connectivity index (χ4v) is 1.77. The van der Waals surface area contributed by atoms with Gasteiger partial charge in [-0.25, -0.2) is 9.59 Å². The van der Waals surface area contributed by atoms with Crippen LogP contribution >= 0.6 is 0 Å². The van der Waals surface area contributed by atoms with E-state index in [-0.39, 0.29) is 6.04 Å². The molecule has 8 heteroatoms. The number of hydrogen-bond acceptors (Lipinski definition) is 2. The summed E-state index contributed by atoms with van der Waals surface area (Å²) in [6.07, 6.45) is -3.66. The third-order valence-electron chi connectivity index (χ3n) is 3.17. The van der Waals surface area contributed by atoms with Crippen LogP contribution in [0.3, 0.4) is 0 Å².